The largest absolute Gasteiger partial charge is 0.444 e. The molecule has 2 aromatic rings. The molecule has 0 spiro atoms. The molecule has 1 atom stereocenters. The van der Waals surface area contributed by atoms with Crippen molar-refractivity contribution in [2.45, 2.75) is 59.4 Å². The molecular weight excluding hydrogens is 294 g/mol. The van der Waals surface area contributed by atoms with Crippen molar-refractivity contribution >= 4 is 6.09 Å². The number of carbonyl (C=O) groups excluding carboxylic acids is 1. The lowest BCUT2D eigenvalue weighted by Gasteiger charge is -2.35. The van der Waals surface area contributed by atoms with Gasteiger partial charge in [-0.2, -0.15) is 10.2 Å². The number of hydrogen-bond donors (Lipinski definition) is 0. The third-order valence-electron chi connectivity index (χ3n) is 3.80. The molecular formula is C16H23N5O2. The maximum atomic E-state index is 12.5. The van der Waals surface area contributed by atoms with Crippen LogP contribution in [0.2, 0.25) is 0 Å². The zero-order chi connectivity index (χ0) is 16.8. The molecule has 7 nitrogen and oxygen atoms in total. The second-order valence-electron chi connectivity index (χ2n) is 7.08. The summed E-state index contributed by atoms with van der Waals surface area (Å²) in [4.78, 5) is 14.2. The number of nitrogens with zero attached hydrogens (tertiary/aromatic N) is 5. The van der Waals surface area contributed by atoms with Gasteiger partial charge in [0.05, 0.1) is 37.2 Å². The lowest BCUT2D eigenvalue weighted by molar-refractivity contribution is 0.00906. The van der Waals surface area contributed by atoms with Crippen molar-refractivity contribution in [3.05, 3.63) is 29.8 Å². The third-order valence-corrected chi connectivity index (χ3v) is 3.80. The Morgan fingerprint density at radius 2 is 2.04 bits per heavy atom. The summed E-state index contributed by atoms with van der Waals surface area (Å²) < 4.78 is 9.27. The van der Waals surface area contributed by atoms with Gasteiger partial charge in [-0.25, -0.2) is 9.48 Å². The Bertz CT molecular complexity index is 725. The summed E-state index contributed by atoms with van der Waals surface area (Å²) in [6, 6.07) is 0.0319. The van der Waals surface area contributed by atoms with Gasteiger partial charge in [0.15, 0.2) is 0 Å². The van der Waals surface area contributed by atoms with Gasteiger partial charge < -0.3 is 4.74 Å². The molecule has 0 N–H and O–H groups in total. The van der Waals surface area contributed by atoms with Gasteiger partial charge in [0.2, 0.25) is 0 Å². The highest BCUT2D eigenvalue weighted by atomic mass is 16.6. The van der Waals surface area contributed by atoms with Gasteiger partial charge in [0, 0.05) is 6.20 Å². The number of ether oxygens (including phenoxy) is 1. The summed E-state index contributed by atoms with van der Waals surface area (Å²) in [6.07, 6.45) is 5.27. The van der Waals surface area contributed by atoms with Crippen molar-refractivity contribution in [3.8, 4) is 5.69 Å². The van der Waals surface area contributed by atoms with Crippen molar-refractivity contribution < 1.29 is 9.53 Å². The van der Waals surface area contributed by atoms with Crippen LogP contribution in [0.15, 0.2) is 18.6 Å². The van der Waals surface area contributed by atoms with Gasteiger partial charge in [0.25, 0.3) is 0 Å². The Morgan fingerprint density at radius 3 is 2.65 bits per heavy atom. The molecule has 0 aromatic carbocycles. The minimum Gasteiger partial charge on any atom is -0.444 e. The van der Waals surface area contributed by atoms with Gasteiger partial charge in [-0.05, 0) is 40.2 Å². The SMILES string of the molecule is Cc1cnn(-c2cnn3c2CN(C(=O)OC(C)(C)C)C(C)C3)c1. The maximum absolute atomic E-state index is 12.5. The minimum absolute atomic E-state index is 0.0319. The van der Waals surface area contributed by atoms with Crippen molar-refractivity contribution in [1.29, 1.82) is 0 Å². The molecule has 0 aliphatic carbocycles. The molecule has 2 aromatic heterocycles. The van der Waals surface area contributed by atoms with Gasteiger partial charge in [-0.3, -0.25) is 9.58 Å². The van der Waals surface area contributed by atoms with Gasteiger partial charge in [-0.15, -0.1) is 0 Å². The van der Waals surface area contributed by atoms with E-state index in [0.29, 0.717) is 13.1 Å². The second-order valence-corrected chi connectivity index (χ2v) is 7.08. The molecule has 1 aliphatic heterocycles. The average Bonchev–Trinajstić information content (AvgIpc) is 3.01. The second kappa shape index (κ2) is 5.40. The topological polar surface area (TPSA) is 65.2 Å². The molecule has 1 aliphatic rings. The zero-order valence-electron chi connectivity index (χ0n) is 14.3. The predicted octanol–water partition coefficient (Wildman–Crippen LogP) is 2.52. The molecule has 0 saturated heterocycles. The highest BCUT2D eigenvalue weighted by molar-refractivity contribution is 5.69. The third kappa shape index (κ3) is 3.09. The summed E-state index contributed by atoms with van der Waals surface area (Å²) >= 11 is 0. The minimum atomic E-state index is -0.504. The molecule has 0 bridgehead atoms. The van der Waals surface area contributed by atoms with Crippen molar-refractivity contribution in [3.63, 3.8) is 0 Å². The summed E-state index contributed by atoms with van der Waals surface area (Å²) in [5, 5.41) is 8.78. The van der Waals surface area contributed by atoms with E-state index in [1.54, 1.807) is 22.0 Å². The molecule has 1 unspecified atom stereocenters. The van der Waals surface area contributed by atoms with Crippen LogP contribution in [-0.2, 0) is 17.8 Å². The monoisotopic (exact) mass is 317 g/mol. The first kappa shape index (κ1) is 15.6. The fraction of sp³-hybridized carbons (Fsp3) is 0.562. The standard InChI is InChI=1S/C16H23N5O2/c1-11-6-17-20(8-11)13-7-18-21-9-12(2)19(10-14(13)21)15(22)23-16(3,4)5/h6-8,12H,9-10H2,1-5H3. The van der Waals surface area contributed by atoms with Gasteiger partial charge in [0.1, 0.15) is 11.3 Å². The highest BCUT2D eigenvalue weighted by Crippen LogP contribution is 2.24. The van der Waals surface area contributed by atoms with Crippen LogP contribution in [-0.4, -0.2) is 42.2 Å². The Hall–Kier alpha value is -2.31. The molecule has 23 heavy (non-hydrogen) atoms. The first-order valence-corrected chi connectivity index (χ1v) is 7.80. The van der Waals surface area contributed by atoms with Crippen LogP contribution in [0.5, 0.6) is 0 Å². The Balaban J connectivity index is 1.88. The smallest absolute Gasteiger partial charge is 0.410 e. The Kier molecular flexibility index (Phi) is 3.66. The van der Waals surface area contributed by atoms with Crippen molar-refractivity contribution in [2.75, 3.05) is 0 Å². The number of rotatable bonds is 1. The molecule has 0 radical (unpaired) electrons. The first-order chi connectivity index (χ1) is 10.7. The van der Waals surface area contributed by atoms with E-state index in [1.165, 1.54) is 0 Å². The van der Waals surface area contributed by atoms with Crippen LogP contribution in [0, 0.1) is 6.92 Å². The summed E-state index contributed by atoms with van der Waals surface area (Å²) in [5.41, 5.74) is 2.45. The number of aryl methyl sites for hydroxylation is 1. The molecule has 0 fully saturated rings. The van der Waals surface area contributed by atoms with E-state index in [1.807, 2.05) is 45.5 Å². The zero-order valence-corrected chi connectivity index (χ0v) is 14.3. The highest BCUT2D eigenvalue weighted by Gasteiger charge is 2.32. The summed E-state index contributed by atoms with van der Waals surface area (Å²) in [6.45, 7) is 10.7. The van der Waals surface area contributed by atoms with Crippen LogP contribution in [0.25, 0.3) is 5.69 Å². The van der Waals surface area contributed by atoms with E-state index >= 15 is 0 Å². The molecule has 0 saturated carbocycles. The number of hydrogen-bond acceptors (Lipinski definition) is 4. The lowest BCUT2D eigenvalue weighted by Crippen LogP contribution is -2.47. The van der Waals surface area contributed by atoms with E-state index in [9.17, 15) is 4.79 Å². The molecule has 3 heterocycles. The molecule has 3 rings (SSSR count). The molecule has 124 valence electrons. The maximum Gasteiger partial charge on any atom is 0.410 e. The van der Waals surface area contributed by atoms with Crippen LogP contribution in [0.1, 0.15) is 39.0 Å². The van der Waals surface area contributed by atoms with Gasteiger partial charge >= 0.3 is 6.09 Å². The van der Waals surface area contributed by atoms with Crippen molar-refractivity contribution in [2.24, 2.45) is 0 Å². The van der Waals surface area contributed by atoms with Crippen LogP contribution in [0.3, 0.4) is 0 Å². The van der Waals surface area contributed by atoms with Crippen LogP contribution < -0.4 is 0 Å². The predicted molar refractivity (Wildman–Crippen MR) is 85.3 cm³/mol. The van der Waals surface area contributed by atoms with E-state index in [0.717, 1.165) is 16.9 Å². The van der Waals surface area contributed by atoms with Crippen LogP contribution >= 0.6 is 0 Å². The Morgan fingerprint density at radius 1 is 1.30 bits per heavy atom. The van der Waals surface area contributed by atoms with E-state index < -0.39 is 5.60 Å². The van der Waals surface area contributed by atoms with E-state index in [2.05, 4.69) is 10.2 Å². The number of aromatic nitrogens is 4. The summed E-state index contributed by atoms with van der Waals surface area (Å²) in [7, 11) is 0. The number of amides is 1. The summed E-state index contributed by atoms with van der Waals surface area (Å²) in [5.74, 6) is 0. The van der Waals surface area contributed by atoms with E-state index in [-0.39, 0.29) is 12.1 Å². The number of carbonyl (C=O) groups is 1. The van der Waals surface area contributed by atoms with Crippen molar-refractivity contribution in [1.82, 2.24) is 24.5 Å². The van der Waals surface area contributed by atoms with Crippen LogP contribution in [0.4, 0.5) is 4.79 Å². The van der Waals surface area contributed by atoms with E-state index in [4.69, 9.17) is 4.74 Å². The molecule has 1 amide bonds. The van der Waals surface area contributed by atoms with Gasteiger partial charge in [-0.1, -0.05) is 0 Å². The molecule has 7 heteroatoms. The quantitative estimate of drug-likeness (QED) is 0.810. The number of fused-ring (bicyclic) bond motifs is 1. The fourth-order valence-corrected chi connectivity index (χ4v) is 2.69. The normalized spacial score (nSPS) is 18.0. The average molecular weight is 317 g/mol. The fourth-order valence-electron chi connectivity index (χ4n) is 2.69. The Labute approximate surface area is 135 Å². The first-order valence-electron chi connectivity index (χ1n) is 7.80. The lowest BCUT2D eigenvalue weighted by atomic mass is 10.2.